The molecule has 28 heavy (non-hydrogen) atoms. The number of rotatable bonds is 6. The zero-order valence-electron chi connectivity index (χ0n) is 14.3. The van der Waals surface area contributed by atoms with Crippen LogP contribution in [0.4, 0.5) is 11.6 Å². The molecule has 0 unspecified atom stereocenters. The van der Waals surface area contributed by atoms with Crippen LogP contribution in [-0.4, -0.2) is 25.6 Å². The summed E-state index contributed by atoms with van der Waals surface area (Å²) in [6.45, 7) is 0.429. The van der Waals surface area contributed by atoms with Gasteiger partial charge in [-0.05, 0) is 29.6 Å². The van der Waals surface area contributed by atoms with Gasteiger partial charge in [-0.15, -0.1) is 16.4 Å². The van der Waals surface area contributed by atoms with Crippen molar-refractivity contribution in [3.05, 3.63) is 80.7 Å². The van der Waals surface area contributed by atoms with Gasteiger partial charge >= 0.3 is 0 Å². The molecule has 0 amide bonds. The Morgan fingerprint density at radius 1 is 1.21 bits per heavy atom. The largest absolute Gasteiger partial charge is 0.461 e. The number of carbonyl (C=O) groups is 1. The van der Waals surface area contributed by atoms with Crippen molar-refractivity contribution in [1.29, 1.82) is 0 Å². The summed E-state index contributed by atoms with van der Waals surface area (Å²) in [5, 5.41) is 20.5. The third-order valence-electron chi connectivity index (χ3n) is 3.87. The number of furan rings is 1. The zero-order chi connectivity index (χ0) is 19.5. The molecule has 0 aliphatic carbocycles. The molecule has 0 saturated carbocycles. The monoisotopic (exact) mass is 395 g/mol. The third-order valence-corrected chi connectivity index (χ3v) is 4.75. The lowest BCUT2D eigenvalue weighted by molar-refractivity contribution is -0.385. The van der Waals surface area contributed by atoms with Crippen LogP contribution in [0.5, 0.6) is 0 Å². The first kappa shape index (κ1) is 17.6. The molecule has 0 radical (unpaired) electrons. The Kier molecular flexibility index (Phi) is 4.68. The van der Waals surface area contributed by atoms with Crippen LogP contribution in [-0.2, 0) is 6.54 Å². The van der Waals surface area contributed by atoms with Crippen molar-refractivity contribution in [2.45, 2.75) is 6.54 Å². The highest BCUT2D eigenvalue weighted by Crippen LogP contribution is 2.23. The highest BCUT2D eigenvalue weighted by atomic mass is 32.1. The summed E-state index contributed by atoms with van der Waals surface area (Å²) in [7, 11) is 0. The van der Waals surface area contributed by atoms with Crippen molar-refractivity contribution in [2.75, 3.05) is 5.32 Å². The molecule has 0 fully saturated rings. The lowest BCUT2D eigenvalue weighted by atomic mass is 10.1. The van der Waals surface area contributed by atoms with E-state index in [-0.39, 0.29) is 23.0 Å². The molecular weight excluding hydrogens is 382 g/mol. The molecule has 0 atom stereocenters. The van der Waals surface area contributed by atoms with E-state index in [1.165, 1.54) is 24.5 Å². The number of anilines is 1. The fourth-order valence-corrected chi connectivity index (χ4v) is 3.23. The van der Waals surface area contributed by atoms with Crippen molar-refractivity contribution < 1.29 is 14.1 Å². The number of hydrogen-bond donors (Lipinski definition) is 1. The van der Waals surface area contributed by atoms with Gasteiger partial charge in [0.05, 0.1) is 17.7 Å². The van der Waals surface area contributed by atoms with Gasteiger partial charge in [-0.3, -0.25) is 14.9 Å². The molecule has 10 heteroatoms. The first-order valence-corrected chi connectivity index (χ1v) is 9.07. The van der Waals surface area contributed by atoms with Crippen LogP contribution in [0.1, 0.15) is 15.2 Å². The van der Waals surface area contributed by atoms with E-state index in [1.807, 2.05) is 17.5 Å². The molecule has 4 rings (SSSR count). The van der Waals surface area contributed by atoms with Crippen LogP contribution in [0, 0.1) is 10.1 Å². The zero-order valence-corrected chi connectivity index (χ0v) is 15.1. The molecule has 0 aliphatic heterocycles. The minimum absolute atomic E-state index is 0.0810. The fraction of sp³-hybridized carbons (Fsp3) is 0.0556. The number of carbonyl (C=O) groups excluding carboxylic acids is 1. The van der Waals surface area contributed by atoms with Gasteiger partial charge in [-0.1, -0.05) is 18.2 Å². The number of aromatic nitrogens is 3. The van der Waals surface area contributed by atoms with E-state index in [4.69, 9.17) is 4.42 Å². The number of nitro groups is 1. The highest BCUT2D eigenvalue weighted by Gasteiger charge is 2.25. The number of hydrogen-bond acceptors (Lipinski definition) is 8. The molecule has 9 nitrogen and oxygen atoms in total. The van der Waals surface area contributed by atoms with E-state index in [1.54, 1.807) is 29.5 Å². The summed E-state index contributed by atoms with van der Waals surface area (Å²) in [5.74, 6) is 0.0909. The first-order valence-electron chi connectivity index (χ1n) is 8.19. The first-order chi connectivity index (χ1) is 13.6. The van der Waals surface area contributed by atoms with Gasteiger partial charge in [0.1, 0.15) is 5.56 Å². The fourth-order valence-electron chi connectivity index (χ4n) is 2.59. The molecule has 3 heterocycles. The molecule has 0 bridgehead atoms. The second kappa shape index (κ2) is 7.45. The van der Waals surface area contributed by atoms with E-state index in [0.29, 0.717) is 12.3 Å². The minimum Gasteiger partial charge on any atom is -0.461 e. The van der Waals surface area contributed by atoms with E-state index < -0.39 is 10.8 Å². The van der Waals surface area contributed by atoms with Crippen molar-refractivity contribution in [2.24, 2.45) is 0 Å². The number of nitrogens with one attached hydrogen (secondary N) is 1. The Balaban J connectivity index is 1.74. The highest BCUT2D eigenvalue weighted by molar-refractivity contribution is 7.09. The van der Waals surface area contributed by atoms with Gasteiger partial charge < -0.3 is 9.73 Å². The van der Waals surface area contributed by atoms with Crippen LogP contribution in [0.3, 0.4) is 0 Å². The quantitative estimate of drug-likeness (QED) is 0.390. The summed E-state index contributed by atoms with van der Waals surface area (Å²) in [6.07, 6.45) is 1.47. The van der Waals surface area contributed by atoms with E-state index in [9.17, 15) is 14.9 Å². The van der Waals surface area contributed by atoms with Gasteiger partial charge in [-0.25, -0.2) is 0 Å². The maximum atomic E-state index is 13.0. The molecule has 140 valence electrons. The van der Waals surface area contributed by atoms with Gasteiger partial charge in [0, 0.05) is 10.9 Å². The lowest BCUT2D eigenvalue weighted by Crippen LogP contribution is -2.18. The number of thiophene rings is 1. The second-order valence-corrected chi connectivity index (χ2v) is 6.69. The van der Waals surface area contributed by atoms with Gasteiger partial charge in [0.15, 0.2) is 5.76 Å². The van der Waals surface area contributed by atoms with Crippen LogP contribution in [0.25, 0.3) is 11.6 Å². The second-order valence-electron chi connectivity index (χ2n) is 5.66. The molecule has 0 spiro atoms. The third kappa shape index (κ3) is 3.40. The van der Waals surface area contributed by atoms with E-state index >= 15 is 0 Å². The Bertz CT molecular complexity index is 1120. The van der Waals surface area contributed by atoms with Crippen LogP contribution < -0.4 is 5.32 Å². The Morgan fingerprint density at radius 3 is 2.79 bits per heavy atom. The number of nitrogens with zero attached hydrogens (tertiary/aromatic N) is 4. The number of benzene rings is 1. The van der Waals surface area contributed by atoms with Gasteiger partial charge in [-0.2, -0.15) is 9.67 Å². The maximum absolute atomic E-state index is 13.0. The Labute approximate surface area is 162 Å². The van der Waals surface area contributed by atoms with Crippen molar-refractivity contribution in [3.8, 4) is 11.6 Å². The lowest BCUT2D eigenvalue weighted by Gasteiger charge is -2.06. The molecule has 1 aromatic carbocycles. The average molecular weight is 395 g/mol. The van der Waals surface area contributed by atoms with Gasteiger partial charge in [0.25, 0.3) is 11.6 Å². The van der Waals surface area contributed by atoms with Crippen molar-refractivity contribution >= 4 is 28.9 Å². The summed E-state index contributed by atoms with van der Waals surface area (Å²) >= 11 is 1.55. The van der Waals surface area contributed by atoms with Crippen molar-refractivity contribution in [1.82, 2.24) is 14.8 Å². The van der Waals surface area contributed by atoms with Gasteiger partial charge in [0.2, 0.25) is 11.8 Å². The standard InChI is InChI=1S/C18H13N5O4S/c24-17(13-6-1-2-7-14(13)23(25)26)22-18(19-11-12-5-4-10-28-12)20-16(21-22)15-8-3-9-27-15/h1-10H,11H2,(H,19,20,21). The molecular formula is C18H13N5O4S. The Morgan fingerprint density at radius 2 is 2.07 bits per heavy atom. The summed E-state index contributed by atoms with van der Waals surface area (Å²) in [6, 6.07) is 12.9. The SMILES string of the molecule is O=C(c1ccccc1[N+](=O)[O-])n1nc(-c2ccco2)nc1NCc1cccs1. The molecule has 4 aromatic rings. The predicted molar refractivity (Wildman–Crippen MR) is 102 cm³/mol. The Hall–Kier alpha value is -3.79. The smallest absolute Gasteiger partial charge is 0.288 e. The number of para-hydroxylation sites is 1. The average Bonchev–Trinajstić information content (AvgIpc) is 3.47. The molecule has 0 aliphatic rings. The van der Waals surface area contributed by atoms with E-state index in [0.717, 1.165) is 9.56 Å². The summed E-state index contributed by atoms with van der Waals surface area (Å²) in [4.78, 5) is 29.1. The predicted octanol–water partition coefficient (Wildman–Crippen LogP) is 3.81. The normalized spacial score (nSPS) is 10.7. The van der Waals surface area contributed by atoms with Crippen LogP contribution in [0.2, 0.25) is 0 Å². The van der Waals surface area contributed by atoms with E-state index in [2.05, 4.69) is 15.4 Å². The van der Waals surface area contributed by atoms with Crippen LogP contribution in [0.15, 0.2) is 64.6 Å². The maximum Gasteiger partial charge on any atom is 0.288 e. The summed E-state index contributed by atoms with van der Waals surface area (Å²) in [5.41, 5.74) is -0.380. The van der Waals surface area contributed by atoms with Crippen LogP contribution >= 0.6 is 11.3 Å². The minimum atomic E-state index is -0.661. The summed E-state index contributed by atoms with van der Waals surface area (Å²) < 4.78 is 6.32. The molecule has 1 N–H and O–H groups in total. The molecule has 3 aromatic heterocycles. The molecule has 0 saturated heterocycles. The topological polar surface area (TPSA) is 116 Å². The van der Waals surface area contributed by atoms with Crippen molar-refractivity contribution in [3.63, 3.8) is 0 Å². The number of nitro benzene ring substituents is 1.